The van der Waals surface area contributed by atoms with Gasteiger partial charge in [-0.1, -0.05) is 68.2 Å². The van der Waals surface area contributed by atoms with Crippen LogP contribution in [0.5, 0.6) is 0 Å². The van der Waals surface area contributed by atoms with E-state index < -0.39 is 0 Å². The van der Waals surface area contributed by atoms with Crippen LogP contribution in [0.1, 0.15) is 59.7 Å². The summed E-state index contributed by atoms with van der Waals surface area (Å²) in [5, 5.41) is 0. The van der Waals surface area contributed by atoms with Gasteiger partial charge in [-0.15, -0.1) is 23.8 Å². The number of halogens is 4. The summed E-state index contributed by atoms with van der Waals surface area (Å²) >= 11 is 1.13. The molecule has 224 valence electrons. The molecule has 0 nitrogen and oxygen atoms in total. The Bertz CT molecular complexity index is 1610. The zero-order chi connectivity index (χ0) is 30.3. The molecule has 0 unspecified atom stereocenters. The summed E-state index contributed by atoms with van der Waals surface area (Å²) in [6.07, 6.45) is 4.74. The third-order valence-corrected chi connectivity index (χ3v) is 8.49. The zero-order valence-electron chi connectivity index (χ0n) is 25.1. The van der Waals surface area contributed by atoms with Crippen LogP contribution in [-0.2, 0) is 36.1 Å². The number of rotatable bonds is 4. The van der Waals surface area contributed by atoms with Crippen LogP contribution in [0.4, 0.5) is 8.78 Å². The van der Waals surface area contributed by atoms with Gasteiger partial charge in [0.25, 0.3) is 0 Å². The average Bonchev–Trinajstić information content (AvgIpc) is 3.66. The smallest absolute Gasteiger partial charge is 1.00 e. The van der Waals surface area contributed by atoms with E-state index in [2.05, 4.69) is 88.5 Å². The Labute approximate surface area is 288 Å². The monoisotopic (exact) mass is 700 g/mol. The molecule has 0 aliphatic heterocycles. The van der Waals surface area contributed by atoms with Gasteiger partial charge in [-0.2, -0.15) is 47.5 Å². The maximum Gasteiger partial charge on any atom is -1.00 e. The number of hydrogen-bond donors (Lipinski definition) is 0. The summed E-state index contributed by atoms with van der Waals surface area (Å²) in [7, 11) is 0. The molecule has 5 aromatic rings. The summed E-state index contributed by atoms with van der Waals surface area (Å²) < 4.78 is 27.0. The topological polar surface area (TPSA) is 0 Å². The molecule has 5 heteroatoms. The second-order valence-corrected chi connectivity index (χ2v) is 12.4. The second kappa shape index (κ2) is 16.8. The van der Waals surface area contributed by atoms with Gasteiger partial charge in [0.1, 0.15) is 0 Å². The minimum Gasteiger partial charge on any atom is -1.00 e. The third-order valence-electron chi connectivity index (χ3n) is 7.07. The third kappa shape index (κ3) is 9.70. The van der Waals surface area contributed by atoms with Crippen LogP contribution in [-0.4, -0.2) is 3.21 Å². The fraction of sp³-hybridized carbons (Fsp3) is 0.128. The maximum atomic E-state index is 13.0. The predicted molar refractivity (Wildman–Crippen MR) is 170 cm³/mol. The molecular weight excluding hydrogens is 669 g/mol. The summed E-state index contributed by atoms with van der Waals surface area (Å²) in [5.74, 6) is -0.539. The van der Waals surface area contributed by atoms with Crippen molar-refractivity contribution in [1.29, 1.82) is 0 Å². The summed E-state index contributed by atoms with van der Waals surface area (Å²) in [6, 6.07) is 35.3. The van der Waals surface area contributed by atoms with E-state index in [0.717, 1.165) is 50.6 Å². The first-order chi connectivity index (χ1) is 20.1. The SMILES string of the molecule is C=Cc1c[c-]c2c(c1)-c1cc(C=C)ccc1C2.CC(C)(C)c1cc[cH-]c1.Fc1cccc([C](=[Zr+2])c2cccc(F)c2)c1.[Cl-].[Cl-]. The average molecular weight is 703 g/mol. The molecule has 0 saturated carbocycles. The van der Waals surface area contributed by atoms with E-state index in [0.29, 0.717) is 5.41 Å². The van der Waals surface area contributed by atoms with Crippen LogP contribution in [0.25, 0.3) is 23.3 Å². The van der Waals surface area contributed by atoms with Crippen molar-refractivity contribution in [1.82, 2.24) is 0 Å². The molecule has 0 fully saturated rings. The van der Waals surface area contributed by atoms with E-state index >= 15 is 0 Å². The van der Waals surface area contributed by atoms with Gasteiger partial charge in [0.2, 0.25) is 0 Å². The van der Waals surface area contributed by atoms with E-state index in [9.17, 15) is 8.78 Å². The molecule has 0 saturated heterocycles. The normalized spacial score (nSPS) is 10.7. The van der Waals surface area contributed by atoms with Gasteiger partial charge in [0.05, 0.1) is 0 Å². The van der Waals surface area contributed by atoms with Crippen molar-refractivity contribution in [3.05, 3.63) is 173 Å². The zero-order valence-corrected chi connectivity index (χ0v) is 29.1. The van der Waals surface area contributed by atoms with Crippen molar-refractivity contribution in [3.8, 4) is 11.1 Å². The van der Waals surface area contributed by atoms with Crippen LogP contribution >= 0.6 is 0 Å². The van der Waals surface area contributed by atoms with Crippen molar-refractivity contribution in [2.45, 2.75) is 32.6 Å². The van der Waals surface area contributed by atoms with E-state index in [1.807, 2.05) is 30.4 Å². The Morgan fingerprint density at radius 1 is 0.818 bits per heavy atom. The fourth-order valence-corrected chi connectivity index (χ4v) is 5.46. The van der Waals surface area contributed by atoms with Crippen molar-refractivity contribution < 1.29 is 57.8 Å². The second-order valence-electron chi connectivity index (χ2n) is 11.1. The molecule has 0 aromatic heterocycles. The molecule has 0 radical (unpaired) electrons. The van der Waals surface area contributed by atoms with E-state index in [1.54, 1.807) is 12.1 Å². The van der Waals surface area contributed by atoms with Crippen LogP contribution in [0, 0.1) is 17.7 Å². The van der Waals surface area contributed by atoms with Crippen molar-refractivity contribution in [3.63, 3.8) is 0 Å². The van der Waals surface area contributed by atoms with Gasteiger partial charge in [-0.3, -0.25) is 0 Å². The summed E-state index contributed by atoms with van der Waals surface area (Å²) in [4.78, 5) is 0. The standard InChI is InChI=1S/C17H13.C13H8F2.C9H13.2ClH.Zr/c1-3-12-5-7-14-11-15-8-6-13(4-2)10-17(15)16(14)9-12;14-12-5-1-3-10(8-12)7-11-4-2-6-13(15)9-11;1-9(2,3)8-6-4-5-7-8;;;/h3-7,9-10H,1-2,11H2;1-6,8-9H;4-7H,1-3H3;2*1H;/q-1;;-1;;;+2/p-2. The van der Waals surface area contributed by atoms with Gasteiger partial charge >= 0.3 is 108 Å². The molecule has 44 heavy (non-hydrogen) atoms. The molecule has 1 aliphatic carbocycles. The van der Waals surface area contributed by atoms with Crippen LogP contribution in [0.3, 0.4) is 0 Å². The van der Waals surface area contributed by atoms with Gasteiger partial charge in [-0.05, 0) is 12.0 Å². The van der Waals surface area contributed by atoms with Crippen molar-refractivity contribution in [2.75, 3.05) is 0 Å². The number of hydrogen-bond acceptors (Lipinski definition) is 0. The molecule has 0 atom stereocenters. The summed E-state index contributed by atoms with van der Waals surface area (Å²) in [5.41, 5.74) is 10.9. The molecule has 0 amide bonds. The molecule has 0 spiro atoms. The minimum atomic E-state index is -0.270. The largest absolute Gasteiger partial charge is 1.00 e. The van der Waals surface area contributed by atoms with Crippen LogP contribution in [0.15, 0.2) is 116 Å². The molecule has 0 bridgehead atoms. The fourth-order valence-electron chi connectivity index (χ4n) is 4.69. The Kier molecular flexibility index (Phi) is 14.2. The first-order valence-corrected chi connectivity index (χ1v) is 15.1. The van der Waals surface area contributed by atoms with E-state index in [1.165, 1.54) is 57.6 Å². The predicted octanol–water partition coefficient (Wildman–Crippen LogP) is 4.14. The molecule has 6 rings (SSSR count). The van der Waals surface area contributed by atoms with E-state index in [4.69, 9.17) is 0 Å². The Morgan fingerprint density at radius 3 is 1.89 bits per heavy atom. The van der Waals surface area contributed by atoms with Crippen molar-refractivity contribution in [2.24, 2.45) is 0 Å². The molecular formula is C39H34Cl2F2Zr-2. The van der Waals surface area contributed by atoms with Gasteiger partial charge in [0.15, 0.2) is 0 Å². The van der Waals surface area contributed by atoms with Crippen LogP contribution < -0.4 is 24.8 Å². The molecule has 0 N–H and O–H groups in total. The summed E-state index contributed by atoms with van der Waals surface area (Å²) in [6.45, 7) is 14.3. The van der Waals surface area contributed by atoms with Gasteiger partial charge in [-0.25, -0.2) is 6.07 Å². The first-order valence-electron chi connectivity index (χ1n) is 13.8. The number of fused-ring (bicyclic) bond motifs is 3. The van der Waals surface area contributed by atoms with Gasteiger partial charge in [0, 0.05) is 0 Å². The molecule has 5 aromatic carbocycles. The Morgan fingerprint density at radius 2 is 1.41 bits per heavy atom. The number of benzene rings is 4. The molecule has 0 heterocycles. The van der Waals surface area contributed by atoms with Gasteiger partial charge < -0.3 is 24.8 Å². The Balaban J connectivity index is 0.000000235. The van der Waals surface area contributed by atoms with Crippen LogP contribution in [0.2, 0.25) is 0 Å². The molecule has 1 aliphatic rings. The Hall–Kier alpha value is -3.10. The quantitative estimate of drug-likeness (QED) is 0.243. The van der Waals surface area contributed by atoms with E-state index in [-0.39, 0.29) is 36.4 Å². The first kappa shape index (κ1) is 37.1. The minimum absolute atomic E-state index is 0. The van der Waals surface area contributed by atoms with Crippen molar-refractivity contribution >= 4 is 15.4 Å². The maximum absolute atomic E-state index is 13.0.